The number of hydrogen-bond donors (Lipinski definition) is 0. The fourth-order valence-corrected chi connectivity index (χ4v) is 2.73. The van der Waals surface area contributed by atoms with E-state index in [1.54, 1.807) is 24.3 Å². The van der Waals surface area contributed by atoms with Gasteiger partial charge in [-0.3, -0.25) is 4.79 Å². The van der Waals surface area contributed by atoms with E-state index in [1.165, 1.54) is 4.90 Å². The molecule has 1 atom stereocenters. The summed E-state index contributed by atoms with van der Waals surface area (Å²) in [7, 11) is -4.71. The van der Waals surface area contributed by atoms with Gasteiger partial charge in [-0.1, -0.05) is 12.6 Å². The second kappa shape index (κ2) is 5.85. The first kappa shape index (κ1) is 15.5. The Morgan fingerprint density at radius 2 is 2.24 bits per heavy atom. The molecule has 1 amide bonds. The molecule has 2 rings (SSSR count). The Balaban J connectivity index is 2.17. The van der Waals surface area contributed by atoms with Crippen molar-refractivity contribution in [2.75, 3.05) is 18.1 Å². The van der Waals surface area contributed by atoms with Crippen molar-refractivity contribution in [1.82, 2.24) is 0 Å². The van der Waals surface area contributed by atoms with Gasteiger partial charge in [-0.15, -0.1) is 3.89 Å². The third kappa shape index (κ3) is 3.81. The molecule has 0 saturated carbocycles. The van der Waals surface area contributed by atoms with Gasteiger partial charge < -0.3 is 9.64 Å². The number of nitrogens with zero attached hydrogens (tertiary/aromatic N) is 1. The van der Waals surface area contributed by atoms with Gasteiger partial charge in [0, 0.05) is 24.7 Å². The van der Waals surface area contributed by atoms with Gasteiger partial charge in [-0.05, 0) is 24.6 Å². The molecule has 114 valence electrons. The number of anilines is 1. The number of halogens is 1. The minimum atomic E-state index is -4.71. The molecule has 1 heterocycles. The van der Waals surface area contributed by atoms with Crippen LogP contribution < -0.4 is 9.64 Å². The summed E-state index contributed by atoms with van der Waals surface area (Å²) < 4.78 is 40.3. The van der Waals surface area contributed by atoms with Crippen molar-refractivity contribution < 1.29 is 21.8 Å². The van der Waals surface area contributed by atoms with Gasteiger partial charge in [0.05, 0.1) is 0 Å². The summed E-state index contributed by atoms with van der Waals surface area (Å²) in [4.78, 5) is 13.1. The second-order valence-electron chi connectivity index (χ2n) is 5.05. The Morgan fingerprint density at radius 3 is 2.81 bits per heavy atom. The molecule has 5 nitrogen and oxygen atoms in total. The normalized spacial score (nSPS) is 18.9. The lowest BCUT2D eigenvalue weighted by atomic mass is 10.2. The van der Waals surface area contributed by atoms with Crippen LogP contribution in [0.1, 0.15) is 13.3 Å². The molecule has 21 heavy (non-hydrogen) atoms. The summed E-state index contributed by atoms with van der Waals surface area (Å²) in [5.41, 5.74) is 1.34. The van der Waals surface area contributed by atoms with E-state index in [9.17, 15) is 17.1 Å². The summed E-state index contributed by atoms with van der Waals surface area (Å²) >= 11 is 0. The van der Waals surface area contributed by atoms with Crippen LogP contribution in [0.2, 0.25) is 0 Å². The van der Waals surface area contributed by atoms with Crippen LogP contribution in [0.25, 0.3) is 0 Å². The Labute approximate surface area is 123 Å². The van der Waals surface area contributed by atoms with Gasteiger partial charge in [0.2, 0.25) is 5.91 Å². The molecular weight excluding hydrogens is 297 g/mol. The van der Waals surface area contributed by atoms with E-state index in [0.29, 0.717) is 18.0 Å². The largest absolute Gasteiger partial charge is 0.489 e. The van der Waals surface area contributed by atoms with Crippen LogP contribution in [-0.4, -0.2) is 32.7 Å². The van der Waals surface area contributed by atoms with Gasteiger partial charge >= 0.3 is 10.2 Å². The minimum Gasteiger partial charge on any atom is -0.489 e. The molecule has 1 aromatic carbocycles. The van der Waals surface area contributed by atoms with Crippen LogP contribution in [0.5, 0.6) is 5.75 Å². The van der Waals surface area contributed by atoms with Gasteiger partial charge in [-0.25, -0.2) is 0 Å². The van der Waals surface area contributed by atoms with Crippen LogP contribution in [0, 0.1) is 0 Å². The highest BCUT2D eigenvalue weighted by atomic mass is 32.3. The number of rotatable bonds is 5. The lowest BCUT2D eigenvalue weighted by Gasteiger charge is -2.17. The molecule has 0 aliphatic carbocycles. The average molecular weight is 313 g/mol. The van der Waals surface area contributed by atoms with Crippen LogP contribution in [0.3, 0.4) is 0 Å². The Bertz CT molecular complexity index is 671. The van der Waals surface area contributed by atoms with E-state index in [0.717, 1.165) is 5.57 Å². The smallest absolute Gasteiger partial charge is 0.307 e. The topological polar surface area (TPSA) is 63.7 Å². The molecule has 1 saturated heterocycles. The van der Waals surface area contributed by atoms with Crippen molar-refractivity contribution in [3.8, 4) is 5.75 Å². The molecule has 0 spiro atoms. The van der Waals surface area contributed by atoms with Gasteiger partial charge in [0.25, 0.3) is 0 Å². The third-order valence-corrected chi connectivity index (χ3v) is 4.21. The quantitative estimate of drug-likeness (QED) is 0.616. The minimum absolute atomic E-state index is 0.179. The molecule has 7 heteroatoms. The average Bonchev–Trinajstić information content (AvgIpc) is 2.79. The molecule has 1 aromatic rings. The van der Waals surface area contributed by atoms with Crippen LogP contribution in [0.15, 0.2) is 36.4 Å². The Morgan fingerprint density at radius 1 is 1.52 bits per heavy atom. The second-order valence-corrected chi connectivity index (χ2v) is 6.67. The van der Waals surface area contributed by atoms with E-state index < -0.39 is 21.4 Å². The molecule has 1 aliphatic heterocycles. The van der Waals surface area contributed by atoms with Crippen LogP contribution in [0.4, 0.5) is 9.57 Å². The number of ether oxygens (including phenoxy) is 1. The number of hydrogen-bond acceptors (Lipinski definition) is 4. The zero-order valence-electron chi connectivity index (χ0n) is 11.6. The molecule has 1 aliphatic rings. The first-order chi connectivity index (χ1) is 9.77. The highest BCUT2D eigenvalue weighted by molar-refractivity contribution is 7.87. The van der Waals surface area contributed by atoms with Crippen LogP contribution >= 0.6 is 0 Å². The third-order valence-electron chi connectivity index (χ3n) is 3.10. The van der Waals surface area contributed by atoms with E-state index >= 15 is 0 Å². The number of benzene rings is 1. The van der Waals surface area contributed by atoms with E-state index in [2.05, 4.69) is 6.58 Å². The maximum Gasteiger partial charge on any atom is 0.307 e. The summed E-state index contributed by atoms with van der Waals surface area (Å²) in [6, 6.07) is 6.68. The van der Waals surface area contributed by atoms with E-state index in [4.69, 9.17) is 4.74 Å². The van der Waals surface area contributed by atoms with E-state index in [1.807, 2.05) is 6.92 Å². The molecule has 0 radical (unpaired) electrons. The number of amides is 1. The standard InChI is InChI=1S/C14H16FNO4S/c1-10(2)9-20-12-5-3-4-11(6-12)16-8-13(7-14(16)17)21(15,18)19/h3-6,13H,1,7-9H2,2H3. The molecule has 1 fully saturated rings. The molecular formula is C14H16FNO4S. The Hall–Kier alpha value is -1.89. The summed E-state index contributed by atoms with van der Waals surface area (Å²) in [6.07, 6.45) is -0.338. The lowest BCUT2D eigenvalue weighted by Crippen LogP contribution is -2.26. The zero-order valence-corrected chi connectivity index (χ0v) is 12.4. The van der Waals surface area contributed by atoms with Crippen molar-refractivity contribution in [1.29, 1.82) is 0 Å². The predicted octanol–water partition coefficient (Wildman–Crippen LogP) is 2.05. The summed E-state index contributed by atoms with van der Waals surface area (Å²) in [5.74, 6) is 0.119. The van der Waals surface area contributed by atoms with Gasteiger partial charge in [0.15, 0.2) is 0 Å². The van der Waals surface area contributed by atoms with Crippen LogP contribution in [-0.2, 0) is 15.0 Å². The first-order valence-corrected chi connectivity index (χ1v) is 7.83. The fraction of sp³-hybridized carbons (Fsp3) is 0.357. The molecule has 0 bridgehead atoms. The summed E-state index contributed by atoms with van der Waals surface area (Å²) in [6.45, 7) is 5.71. The van der Waals surface area contributed by atoms with Crippen molar-refractivity contribution >= 4 is 21.8 Å². The van der Waals surface area contributed by atoms with Crippen molar-refractivity contribution in [2.45, 2.75) is 18.6 Å². The monoisotopic (exact) mass is 313 g/mol. The maximum absolute atomic E-state index is 13.0. The van der Waals surface area contributed by atoms with Gasteiger partial charge in [-0.2, -0.15) is 8.42 Å². The molecule has 0 aromatic heterocycles. The van der Waals surface area contributed by atoms with E-state index in [-0.39, 0.29) is 13.0 Å². The van der Waals surface area contributed by atoms with Crippen molar-refractivity contribution in [2.24, 2.45) is 0 Å². The molecule has 1 unspecified atom stereocenters. The first-order valence-electron chi connectivity index (χ1n) is 6.38. The predicted molar refractivity (Wildman–Crippen MR) is 77.5 cm³/mol. The van der Waals surface area contributed by atoms with Crippen molar-refractivity contribution in [3.63, 3.8) is 0 Å². The highest BCUT2D eigenvalue weighted by Crippen LogP contribution is 2.28. The maximum atomic E-state index is 13.0. The SMILES string of the molecule is C=C(C)COc1cccc(N2CC(S(=O)(=O)F)CC2=O)c1. The summed E-state index contributed by atoms with van der Waals surface area (Å²) in [5, 5.41) is -1.30. The number of carbonyl (C=O) groups is 1. The number of carbonyl (C=O) groups excluding carboxylic acids is 1. The van der Waals surface area contributed by atoms with Gasteiger partial charge in [0.1, 0.15) is 17.6 Å². The molecule has 0 N–H and O–H groups in total. The highest BCUT2D eigenvalue weighted by Gasteiger charge is 2.39. The Kier molecular flexibility index (Phi) is 4.32. The zero-order chi connectivity index (χ0) is 15.6. The lowest BCUT2D eigenvalue weighted by molar-refractivity contribution is -0.117. The van der Waals surface area contributed by atoms with Crippen molar-refractivity contribution in [3.05, 3.63) is 36.4 Å². The fourth-order valence-electron chi connectivity index (χ4n) is 2.06.